The quantitative estimate of drug-likeness (QED) is 0.355. The number of halogens is 2. The lowest BCUT2D eigenvalue weighted by Crippen LogP contribution is -2.40. The van der Waals surface area contributed by atoms with E-state index in [1.165, 1.54) is 11.3 Å². The van der Waals surface area contributed by atoms with Crippen LogP contribution in [0.3, 0.4) is 0 Å². The molecule has 166 valence electrons. The Labute approximate surface area is 204 Å². The van der Waals surface area contributed by atoms with Gasteiger partial charge >= 0.3 is 0 Å². The highest BCUT2D eigenvalue weighted by Gasteiger charge is 2.38. The Morgan fingerprint density at radius 1 is 1.06 bits per heavy atom. The molecule has 0 aliphatic carbocycles. The van der Waals surface area contributed by atoms with E-state index in [4.69, 9.17) is 28.9 Å². The summed E-state index contributed by atoms with van der Waals surface area (Å²) in [5.41, 5.74) is 10.2. The molecule has 2 aromatic carbocycles. The van der Waals surface area contributed by atoms with Gasteiger partial charge in [-0.1, -0.05) is 41.4 Å². The zero-order chi connectivity index (χ0) is 23.3. The maximum absolute atomic E-state index is 12.7. The standard InChI is InChI=1S/C25H20Cl2N4OS/c1-30-14-29-13-22(30)25(28,24-20(27)8-9-33-24)16-6-7-21-19(11-16)18(12-23(32)31(21)2)15-4-3-5-17(26)10-15/h3-14H,28H2,1-2H3. The molecule has 0 bridgehead atoms. The van der Waals surface area contributed by atoms with Crippen LogP contribution < -0.4 is 11.3 Å². The second-order valence-corrected chi connectivity index (χ2v) is 9.75. The molecule has 5 rings (SSSR count). The van der Waals surface area contributed by atoms with Crippen LogP contribution in [0.1, 0.15) is 16.1 Å². The van der Waals surface area contributed by atoms with Gasteiger partial charge < -0.3 is 14.9 Å². The normalized spacial score (nSPS) is 13.4. The average Bonchev–Trinajstić information content (AvgIpc) is 3.44. The zero-order valence-electron chi connectivity index (χ0n) is 17.9. The van der Waals surface area contributed by atoms with Crippen molar-refractivity contribution in [3.63, 3.8) is 0 Å². The first-order valence-electron chi connectivity index (χ1n) is 10.2. The number of imidazole rings is 1. The van der Waals surface area contributed by atoms with E-state index in [0.717, 1.165) is 38.2 Å². The molecule has 0 fully saturated rings. The van der Waals surface area contributed by atoms with Gasteiger partial charge in [0.25, 0.3) is 5.56 Å². The average molecular weight is 495 g/mol. The van der Waals surface area contributed by atoms with E-state index in [1.54, 1.807) is 30.2 Å². The van der Waals surface area contributed by atoms with Crippen molar-refractivity contribution in [2.45, 2.75) is 5.54 Å². The predicted molar refractivity (Wildman–Crippen MR) is 136 cm³/mol. The summed E-state index contributed by atoms with van der Waals surface area (Å²) < 4.78 is 3.53. The van der Waals surface area contributed by atoms with Crippen LogP contribution in [-0.4, -0.2) is 14.1 Å². The third kappa shape index (κ3) is 3.50. The Bertz CT molecular complexity index is 1530. The van der Waals surface area contributed by atoms with Gasteiger partial charge in [-0.3, -0.25) is 4.79 Å². The lowest BCUT2D eigenvalue weighted by atomic mass is 9.84. The second kappa shape index (κ2) is 8.15. The van der Waals surface area contributed by atoms with Crippen molar-refractivity contribution in [2.75, 3.05) is 0 Å². The van der Waals surface area contributed by atoms with Gasteiger partial charge in [-0.05, 0) is 52.4 Å². The number of fused-ring (bicyclic) bond motifs is 1. The summed E-state index contributed by atoms with van der Waals surface area (Å²) in [6.45, 7) is 0. The van der Waals surface area contributed by atoms with Crippen molar-refractivity contribution < 1.29 is 0 Å². The molecule has 0 aliphatic rings. The van der Waals surface area contributed by atoms with Crippen molar-refractivity contribution in [1.82, 2.24) is 14.1 Å². The first kappa shape index (κ1) is 21.9. The maximum atomic E-state index is 12.7. The van der Waals surface area contributed by atoms with E-state index in [1.807, 2.05) is 65.5 Å². The summed E-state index contributed by atoms with van der Waals surface area (Å²) >= 11 is 14.4. The molecule has 3 aromatic heterocycles. The van der Waals surface area contributed by atoms with Crippen molar-refractivity contribution >= 4 is 45.4 Å². The molecule has 0 radical (unpaired) electrons. The van der Waals surface area contributed by atoms with Crippen LogP contribution >= 0.6 is 34.5 Å². The zero-order valence-corrected chi connectivity index (χ0v) is 20.2. The van der Waals surface area contributed by atoms with E-state index < -0.39 is 5.54 Å². The Morgan fingerprint density at radius 3 is 2.55 bits per heavy atom. The first-order chi connectivity index (χ1) is 15.8. The smallest absolute Gasteiger partial charge is 0.251 e. The van der Waals surface area contributed by atoms with Gasteiger partial charge in [-0.2, -0.15) is 0 Å². The molecule has 33 heavy (non-hydrogen) atoms. The van der Waals surface area contributed by atoms with E-state index >= 15 is 0 Å². The van der Waals surface area contributed by atoms with Gasteiger partial charge in [-0.25, -0.2) is 4.98 Å². The molecular formula is C25H20Cl2N4OS. The number of thiophene rings is 1. The number of nitrogens with two attached hydrogens (primary N) is 1. The predicted octanol–water partition coefficient (Wildman–Crippen LogP) is 5.56. The monoisotopic (exact) mass is 494 g/mol. The Morgan fingerprint density at radius 2 is 1.88 bits per heavy atom. The minimum Gasteiger partial charge on any atom is -0.335 e. The number of benzene rings is 2. The summed E-state index contributed by atoms with van der Waals surface area (Å²) in [6, 6.07) is 16.9. The molecule has 3 heterocycles. The van der Waals surface area contributed by atoms with Gasteiger partial charge in [0.15, 0.2) is 0 Å². The van der Waals surface area contributed by atoms with Crippen molar-refractivity contribution in [1.29, 1.82) is 0 Å². The lowest BCUT2D eigenvalue weighted by Gasteiger charge is -2.30. The molecule has 0 spiro atoms. The largest absolute Gasteiger partial charge is 0.335 e. The summed E-state index contributed by atoms with van der Waals surface area (Å²) in [6.07, 6.45) is 3.49. The van der Waals surface area contributed by atoms with E-state index in [0.29, 0.717) is 10.0 Å². The number of pyridine rings is 1. The van der Waals surface area contributed by atoms with Crippen LogP contribution in [0, 0.1) is 0 Å². The van der Waals surface area contributed by atoms with Crippen molar-refractivity contribution in [3.05, 3.63) is 109 Å². The number of hydrogen-bond acceptors (Lipinski definition) is 4. The van der Waals surface area contributed by atoms with Crippen molar-refractivity contribution in [2.24, 2.45) is 19.8 Å². The molecule has 0 aliphatic heterocycles. The molecule has 1 unspecified atom stereocenters. The summed E-state index contributed by atoms with van der Waals surface area (Å²) in [4.78, 5) is 17.9. The minimum atomic E-state index is -1.04. The van der Waals surface area contributed by atoms with Crippen LogP contribution in [-0.2, 0) is 19.6 Å². The fourth-order valence-corrected chi connectivity index (χ4v) is 5.85. The summed E-state index contributed by atoms with van der Waals surface area (Å²) in [5, 5.41) is 4.02. The van der Waals surface area contributed by atoms with E-state index in [9.17, 15) is 4.79 Å². The number of hydrogen-bond donors (Lipinski definition) is 1. The Hall–Kier alpha value is -2.90. The number of rotatable bonds is 4. The van der Waals surface area contributed by atoms with Gasteiger partial charge in [0, 0.05) is 30.6 Å². The molecule has 0 saturated heterocycles. The van der Waals surface area contributed by atoms with Crippen LogP contribution in [0.15, 0.2) is 77.3 Å². The topological polar surface area (TPSA) is 65.8 Å². The highest BCUT2D eigenvalue weighted by atomic mass is 35.5. The number of aryl methyl sites for hydroxylation is 2. The maximum Gasteiger partial charge on any atom is 0.251 e. The molecule has 8 heteroatoms. The number of nitrogens with zero attached hydrogens (tertiary/aromatic N) is 3. The molecule has 1 atom stereocenters. The highest BCUT2D eigenvalue weighted by molar-refractivity contribution is 7.10. The SMILES string of the molecule is Cn1cncc1C(N)(c1ccc2c(c1)c(-c1cccc(Cl)c1)cc(=O)n2C)c1sccc1Cl. The first-order valence-corrected chi connectivity index (χ1v) is 11.8. The van der Waals surface area contributed by atoms with Gasteiger partial charge in [0.2, 0.25) is 0 Å². The Balaban J connectivity index is 1.86. The molecular weight excluding hydrogens is 475 g/mol. The van der Waals surface area contributed by atoms with Crippen LogP contribution in [0.5, 0.6) is 0 Å². The van der Waals surface area contributed by atoms with Crippen LogP contribution in [0.2, 0.25) is 10.0 Å². The van der Waals surface area contributed by atoms with Gasteiger partial charge in [0.05, 0.1) is 33.6 Å². The summed E-state index contributed by atoms with van der Waals surface area (Å²) in [5.74, 6) is 0. The third-order valence-electron chi connectivity index (χ3n) is 6.03. The molecule has 0 saturated carbocycles. The van der Waals surface area contributed by atoms with Crippen LogP contribution in [0.25, 0.3) is 22.0 Å². The fourth-order valence-electron chi connectivity index (χ4n) is 4.31. The molecule has 5 nitrogen and oxygen atoms in total. The van der Waals surface area contributed by atoms with Crippen LogP contribution in [0.4, 0.5) is 0 Å². The second-order valence-electron chi connectivity index (χ2n) is 7.99. The molecule has 0 amide bonds. The molecule has 2 N–H and O–H groups in total. The minimum absolute atomic E-state index is 0.0998. The lowest BCUT2D eigenvalue weighted by molar-refractivity contribution is 0.608. The summed E-state index contributed by atoms with van der Waals surface area (Å²) in [7, 11) is 3.67. The highest BCUT2D eigenvalue weighted by Crippen LogP contribution is 2.42. The number of aromatic nitrogens is 3. The van der Waals surface area contributed by atoms with Gasteiger partial charge in [0.1, 0.15) is 5.54 Å². The third-order valence-corrected chi connectivity index (χ3v) is 7.75. The fraction of sp³-hybridized carbons (Fsp3) is 0.120. The van der Waals surface area contributed by atoms with E-state index in [2.05, 4.69) is 4.98 Å². The Kier molecular flexibility index (Phi) is 5.41. The van der Waals surface area contributed by atoms with Crippen molar-refractivity contribution in [3.8, 4) is 11.1 Å². The molecule has 5 aromatic rings. The van der Waals surface area contributed by atoms with Gasteiger partial charge in [-0.15, -0.1) is 11.3 Å². The van der Waals surface area contributed by atoms with E-state index in [-0.39, 0.29) is 5.56 Å².